The number of oxazole rings is 2. The van der Waals surface area contributed by atoms with Crippen LogP contribution < -0.4 is 4.57 Å². The minimum atomic E-state index is -0.00378. The molecule has 0 spiro atoms. The van der Waals surface area contributed by atoms with Crippen molar-refractivity contribution in [3.05, 3.63) is 54.2 Å². The predicted octanol–water partition coefficient (Wildman–Crippen LogP) is 5.45. The molecule has 0 radical (unpaired) electrons. The third-order valence-corrected chi connectivity index (χ3v) is 4.90. The fourth-order valence-corrected chi connectivity index (χ4v) is 3.36. The summed E-state index contributed by atoms with van der Waals surface area (Å²) in [7, 11) is 0. The number of hydrogen-bond donors (Lipinski definition) is 0. The molecule has 134 valence electrons. The number of aromatic nitrogens is 2. The number of benzene rings is 2. The van der Waals surface area contributed by atoms with Gasteiger partial charge in [0.2, 0.25) is 11.2 Å². The molecule has 4 heteroatoms. The van der Waals surface area contributed by atoms with Crippen LogP contribution in [0, 0.1) is 0 Å². The van der Waals surface area contributed by atoms with E-state index in [1.54, 1.807) is 6.39 Å². The molecular formula is C22H25N2O2+. The first kappa shape index (κ1) is 16.8. The quantitative estimate of drug-likeness (QED) is 0.429. The summed E-state index contributed by atoms with van der Waals surface area (Å²) in [4.78, 5) is 4.48. The van der Waals surface area contributed by atoms with Gasteiger partial charge in [0.1, 0.15) is 5.52 Å². The Morgan fingerprint density at radius 3 is 2.35 bits per heavy atom. The van der Waals surface area contributed by atoms with E-state index in [0.29, 0.717) is 0 Å². The number of hydrogen-bond acceptors (Lipinski definition) is 3. The van der Waals surface area contributed by atoms with Gasteiger partial charge in [-0.05, 0) is 34.1 Å². The lowest BCUT2D eigenvalue weighted by Gasteiger charge is -2.19. The lowest BCUT2D eigenvalue weighted by atomic mass is 9.86. The molecule has 0 N–H and O–H groups in total. The Morgan fingerprint density at radius 1 is 0.885 bits per heavy atom. The SMILES string of the molecule is CC(C)(C)c1ccc2oc[n+](-c3ccc(C(C)(C)C)c4ncoc34)c2c1. The lowest BCUT2D eigenvalue weighted by molar-refractivity contribution is -0.572. The van der Waals surface area contributed by atoms with E-state index < -0.39 is 0 Å². The van der Waals surface area contributed by atoms with Crippen LogP contribution in [0.1, 0.15) is 52.7 Å². The predicted molar refractivity (Wildman–Crippen MR) is 103 cm³/mol. The van der Waals surface area contributed by atoms with Crippen LogP contribution >= 0.6 is 0 Å². The summed E-state index contributed by atoms with van der Waals surface area (Å²) in [5.41, 5.74) is 7.01. The average molecular weight is 349 g/mol. The third-order valence-electron chi connectivity index (χ3n) is 4.90. The maximum atomic E-state index is 5.79. The first-order valence-electron chi connectivity index (χ1n) is 8.97. The van der Waals surface area contributed by atoms with Gasteiger partial charge in [-0.25, -0.2) is 4.98 Å². The van der Waals surface area contributed by atoms with Crippen LogP contribution in [0.25, 0.3) is 27.9 Å². The first-order valence-corrected chi connectivity index (χ1v) is 8.97. The molecule has 0 saturated carbocycles. The zero-order valence-corrected chi connectivity index (χ0v) is 16.3. The zero-order chi connectivity index (χ0) is 18.7. The van der Waals surface area contributed by atoms with Gasteiger partial charge >= 0.3 is 6.39 Å². The lowest BCUT2D eigenvalue weighted by Crippen LogP contribution is -2.29. The molecule has 2 aromatic carbocycles. The van der Waals surface area contributed by atoms with E-state index >= 15 is 0 Å². The Labute approximate surface area is 153 Å². The van der Waals surface area contributed by atoms with E-state index in [1.165, 1.54) is 17.5 Å². The van der Waals surface area contributed by atoms with Gasteiger partial charge in [-0.2, -0.15) is 0 Å². The van der Waals surface area contributed by atoms with Gasteiger partial charge in [-0.3, -0.25) is 0 Å². The van der Waals surface area contributed by atoms with E-state index in [9.17, 15) is 0 Å². The molecule has 0 unspecified atom stereocenters. The van der Waals surface area contributed by atoms with Crippen LogP contribution in [0.2, 0.25) is 0 Å². The number of rotatable bonds is 1. The maximum absolute atomic E-state index is 5.79. The molecule has 0 bridgehead atoms. The van der Waals surface area contributed by atoms with Crippen LogP contribution in [0.5, 0.6) is 0 Å². The highest BCUT2D eigenvalue weighted by Crippen LogP contribution is 2.32. The third kappa shape index (κ3) is 2.61. The summed E-state index contributed by atoms with van der Waals surface area (Å²) < 4.78 is 13.6. The highest BCUT2D eigenvalue weighted by Gasteiger charge is 2.27. The highest BCUT2D eigenvalue weighted by atomic mass is 16.3. The first-order chi connectivity index (χ1) is 12.2. The van der Waals surface area contributed by atoms with E-state index in [4.69, 9.17) is 8.83 Å². The summed E-state index contributed by atoms with van der Waals surface area (Å²) in [6, 6.07) is 10.6. The van der Waals surface area contributed by atoms with Crippen molar-refractivity contribution in [3.8, 4) is 5.69 Å². The van der Waals surface area contributed by atoms with Crippen molar-refractivity contribution in [2.45, 2.75) is 52.4 Å². The van der Waals surface area contributed by atoms with Crippen molar-refractivity contribution in [1.82, 2.24) is 4.98 Å². The number of nitrogens with zero attached hydrogens (tertiary/aromatic N) is 2. The molecule has 26 heavy (non-hydrogen) atoms. The standard InChI is InChI=1S/C22H25N2O2/c1-21(2,3)14-7-10-18-17(11-14)24(13-26-18)16-9-8-15(22(4,5)6)19-20(16)25-12-23-19/h7-13H,1-6H3/q+1. The molecule has 2 heterocycles. The van der Waals surface area contributed by atoms with Crippen LogP contribution in [-0.4, -0.2) is 4.98 Å². The molecule has 0 saturated heterocycles. The van der Waals surface area contributed by atoms with Crippen molar-refractivity contribution in [2.75, 3.05) is 0 Å². The fraction of sp³-hybridized carbons (Fsp3) is 0.364. The van der Waals surface area contributed by atoms with E-state index in [-0.39, 0.29) is 10.8 Å². The molecule has 0 fully saturated rings. The molecule has 4 aromatic rings. The Bertz CT molecular complexity index is 1100. The fourth-order valence-electron chi connectivity index (χ4n) is 3.36. The maximum Gasteiger partial charge on any atom is 0.341 e. The van der Waals surface area contributed by atoms with E-state index in [0.717, 1.165) is 27.9 Å². The van der Waals surface area contributed by atoms with E-state index in [2.05, 4.69) is 70.8 Å². The van der Waals surface area contributed by atoms with Gasteiger partial charge in [-0.15, -0.1) is 4.57 Å². The molecule has 4 nitrogen and oxygen atoms in total. The zero-order valence-electron chi connectivity index (χ0n) is 16.3. The number of fused-ring (bicyclic) bond motifs is 2. The van der Waals surface area contributed by atoms with E-state index in [1.807, 2.05) is 10.6 Å². The molecule has 0 aliphatic rings. The van der Waals surface area contributed by atoms with Gasteiger partial charge in [0, 0.05) is 12.1 Å². The normalized spacial score (nSPS) is 13.0. The molecule has 0 aliphatic carbocycles. The smallest absolute Gasteiger partial charge is 0.341 e. The minimum absolute atomic E-state index is 0.00378. The van der Waals surface area contributed by atoms with Crippen molar-refractivity contribution in [2.24, 2.45) is 0 Å². The monoisotopic (exact) mass is 349 g/mol. The summed E-state index contributed by atoms with van der Waals surface area (Å²) in [6.45, 7) is 13.2. The van der Waals surface area contributed by atoms with Crippen LogP contribution in [0.4, 0.5) is 0 Å². The molecule has 0 aliphatic heterocycles. The van der Waals surface area contributed by atoms with Crippen molar-refractivity contribution < 1.29 is 13.4 Å². The summed E-state index contributed by atoms with van der Waals surface area (Å²) in [6.07, 6.45) is 3.26. The van der Waals surface area contributed by atoms with Gasteiger partial charge in [0.15, 0.2) is 6.39 Å². The van der Waals surface area contributed by atoms with Crippen molar-refractivity contribution >= 4 is 22.2 Å². The molecule has 0 atom stereocenters. The topological polar surface area (TPSA) is 43.0 Å². The Kier molecular flexibility index (Phi) is 3.52. The van der Waals surface area contributed by atoms with Crippen LogP contribution in [0.15, 0.2) is 52.0 Å². The molecular weight excluding hydrogens is 324 g/mol. The van der Waals surface area contributed by atoms with Gasteiger partial charge in [-0.1, -0.05) is 47.6 Å². The van der Waals surface area contributed by atoms with Gasteiger partial charge in [0.05, 0.1) is 0 Å². The highest BCUT2D eigenvalue weighted by molar-refractivity contribution is 5.84. The van der Waals surface area contributed by atoms with Crippen molar-refractivity contribution in [1.29, 1.82) is 0 Å². The van der Waals surface area contributed by atoms with Gasteiger partial charge in [0.25, 0.3) is 11.2 Å². The Hall–Kier alpha value is -2.62. The Morgan fingerprint density at radius 2 is 1.65 bits per heavy atom. The van der Waals surface area contributed by atoms with Crippen LogP contribution in [-0.2, 0) is 10.8 Å². The summed E-state index contributed by atoms with van der Waals surface area (Å²) in [5.74, 6) is 0. The second kappa shape index (κ2) is 5.44. The summed E-state index contributed by atoms with van der Waals surface area (Å²) in [5, 5.41) is 0. The Balaban J connectivity index is 1.98. The minimum Gasteiger partial charge on any atom is -0.436 e. The average Bonchev–Trinajstić information content (AvgIpc) is 3.18. The van der Waals surface area contributed by atoms with Crippen molar-refractivity contribution in [3.63, 3.8) is 0 Å². The van der Waals surface area contributed by atoms with Gasteiger partial charge < -0.3 is 8.83 Å². The summed E-state index contributed by atoms with van der Waals surface area (Å²) >= 11 is 0. The van der Waals surface area contributed by atoms with Crippen LogP contribution in [0.3, 0.4) is 0 Å². The molecule has 2 aromatic heterocycles. The second-order valence-electron chi connectivity index (χ2n) is 8.94. The largest absolute Gasteiger partial charge is 0.436 e. The molecule has 0 amide bonds. The molecule has 4 rings (SSSR count). The second-order valence-corrected chi connectivity index (χ2v) is 8.94.